The maximum absolute atomic E-state index is 12.7. The third kappa shape index (κ3) is 1.78. The van der Waals surface area contributed by atoms with Gasteiger partial charge in [-0.2, -0.15) is 0 Å². The number of carbonyl (C=O) groups excluding carboxylic acids is 1. The van der Waals surface area contributed by atoms with Crippen LogP contribution in [0.25, 0.3) is 0 Å². The van der Waals surface area contributed by atoms with Crippen LogP contribution in [-0.2, 0) is 9.53 Å². The molecule has 4 atom stereocenters. The minimum Gasteiger partial charge on any atom is -0.459 e. The maximum Gasteiger partial charge on any atom is 0.312 e. The van der Waals surface area contributed by atoms with Gasteiger partial charge in [0.05, 0.1) is 22.2 Å². The van der Waals surface area contributed by atoms with Crippen LogP contribution in [0.2, 0.25) is 0 Å². The smallest absolute Gasteiger partial charge is 0.312 e. The van der Waals surface area contributed by atoms with Crippen molar-refractivity contribution in [3.05, 3.63) is 0 Å². The van der Waals surface area contributed by atoms with Gasteiger partial charge in [0.15, 0.2) is 0 Å². The molecule has 4 unspecified atom stereocenters. The average molecular weight is 350 g/mol. The van der Waals surface area contributed by atoms with E-state index in [0.717, 1.165) is 0 Å². The van der Waals surface area contributed by atoms with Crippen molar-refractivity contribution in [3.8, 4) is 0 Å². The fourth-order valence-corrected chi connectivity index (χ4v) is 7.46. The topological polar surface area (TPSA) is 87.0 Å². The Hall–Kier alpha value is -0.650. The van der Waals surface area contributed by atoms with Crippen LogP contribution in [0, 0.1) is 29.1 Å². The lowest BCUT2D eigenvalue weighted by molar-refractivity contribution is -0.390. The third-order valence-electron chi connectivity index (χ3n) is 8.89. The molecule has 7 fully saturated rings. The Bertz CT molecular complexity index is 628. The van der Waals surface area contributed by atoms with Crippen LogP contribution in [0.5, 0.6) is 0 Å². The summed E-state index contributed by atoms with van der Waals surface area (Å²) < 4.78 is 6.10. The fraction of sp³-hybridized carbons (Fsp3) is 0.950. The molecule has 0 spiro atoms. The van der Waals surface area contributed by atoms with Gasteiger partial charge in [0.2, 0.25) is 0 Å². The second-order valence-corrected chi connectivity index (χ2v) is 10.6. The molecule has 3 N–H and O–H groups in total. The Kier molecular flexibility index (Phi) is 2.81. The lowest BCUT2D eigenvalue weighted by Gasteiger charge is -2.78. The summed E-state index contributed by atoms with van der Waals surface area (Å²) in [5, 5.41) is 33.9. The predicted octanol–water partition coefficient (Wildman–Crippen LogP) is 1.77. The van der Waals surface area contributed by atoms with Crippen molar-refractivity contribution in [2.24, 2.45) is 29.1 Å². The zero-order chi connectivity index (χ0) is 18.0. The van der Waals surface area contributed by atoms with Crippen molar-refractivity contribution < 1.29 is 24.9 Å². The molecule has 0 aliphatic heterocycles. The van der Waals surface area contributed by atoms with E-state index in [-0.39, 0.29) is 29.6 Å². The standard InChI is InChI=1S/C20H30O5/c1-4-16(2,3)15(21)25-18-7-13-11-5-17(22)6-12(20(11,24)10-18)14(8-18)19(13,23)9-17/h11-14,22-24H,4-10H2,1-3H3. The molecule has 7 saturated carbocycles. The summed E-state index contributed by atoms with van der Waals surface area (Å²) in [6, 6.07) is 0. The molecule has 140 valence electrons. The summed E-state index contributed by atoms with van der Waals surface area (Å²) in [6.45, 7) is 5.79. The maximum atomic E-state index is 12.7. The molecule has 7 rings (SSSR count). The lowest BCUT2D eigenvalue weighted by Crippen LogP contribution is -2.84. The molecule has 5 nitrogen and oxygen atoms in total. The van der Waals surface area contributed by atoms with Crippen LogP contribution in [-0.4, -0.2) is 43.7 Å². The van der Waals surface area contributed by atoms with E-state index in [9.17, 15) is 20.1 Å². The van der Waals surface area contributed by atoms with Gasteiger partial charge in [0.25, 0.3) is 0 Å². The molecule has 7 aliphatic carbocycles. The Labute approximate surface area is 148 Å². The van der Waals surface area contributed by atoms with Crippen LogP contribution in [0.3, 0.4) is 0 Å². The molecule has 0 saturated heterocycles. The van der Waals surface area contributed by atoms with Gasteiger partial charge in [-0.25, -0.2) is 0 Å². The zero-order valence-corrected chi connectivity index (χ0v) is 15.4. The van der Waals surface area contributed by atoms with Crippen molar-refractivity contribution in [3.63, 3.8) is 0 Å². The van der Waals surface area contributed by atoms with E-state index in [2.05, 4.69) is 0 Å². The Morgan fingerprint density at radius 2 is 1.44 bits per heavy atom. The number of carbonyl (C=O) groups is 1. The number of esters is 1. The first-order valence-corrected chi connectivity index (χ1v) is 9.88. The van der Waals surface area contributed by atoms with Crippen molar-refractivity contribution in [2.45, 2.75) is 88.1 Å². The summed E-state index contributed by atoms with van der Waals surface area (Å²) in [4.78, 5) is 12.7. The quantitative estimate of drug-likeness (QED) is 0.675. The molecule has 7 aliphatic rings. The first kappa shape index (κ1) is 16.5. The van der Waals surface area contributed by atoms with E-state index >= 15 is 0 Å². The molecular formula is C20H30O5. The van der Waals surface area contributed by atoms with Gasteiger partial charge >= 0.3 is 5.97 Å². The van der Waals surface area contributed by atoms with Crippen molar-refractivity contribution in [1.82, 2.24) is 0 Å². The second-order valence-electron chi connectivity index (χ2n) is 10.6. The number of rotatable bonds is 3. The van der Waals surface area contributed by atoms with Crippen LogP contribution in [0.15, 0.2) is 0 Å². The molecule has 25 heavy (non-hydrogen) atoms. The largest absolute Gasteiger partial charge is 0.459 e. The highest BCUT2D eigenvalue weighted by molar-refractivity contribution is 5.76. The molecule has 0 aromatic heterocycles. The minimum atomic E-state index is -0.901. The monoisotopic (exact) mass is 350 g/mol. The molecule has 8 bridgehead atoms. The van der Waals surface area contributed by atoms with Crippen LogP contribution >= 0.6 is 0 Å². The highest BCUT2D eigenvalue weighted by Gasteiger charge is 2.81. The summed E-state index contributed by atoms with van der Waals surface area (Å²) >= 11 is 0. The fourth-order valence-electron chi connectivity index (χ4n) is 7.46. The highest BCUT2D eigenvalue weighted by atomic mass is 16.6. The molecule has 0 radical (unpaired) electrons. The molecule has 0 aromatic carbocycles. The van der Waals surface area contributed by atoms with E-state index in [4.69, 9.17) is 4.74 Å². The van der Waals surface area contributed by atoms with Crippen LogP contribution in [0.4, 0.5) is 0 Å². The van der Waals surface area contributed by atoms with Crippen LogP contribution < -0.4 is 0 Å². The van der Waals surface area contributed by atoms with Gasteiger partial charge in [-0.1, -0.05) is 6.92 Å². The average Bonchev–Trinajstić information content (AvgIpc) is 2.51. The lowest BCUT2D eigenvalue weighted by atomic mass is 9.31. The van der Waals surface area contributed by atoms with Gasteiger partial charge in [-0.3, -0.25) is 4.79 Å². The molecule has 0 heterocycles. The summed E-state index contributed by atoms with van der Waals surface area (Å²) in [5.41, 5.74) is -3.79. The first-order valence-electron chi connectivity index (χ1n) is 9.88. The second kappa shape index (κ2) is 4.26. The summed E-state index contributed by atoms with van der Waals surface area (Å²) in [6.07, 6.45) is 4.00. The number of hydrogen-bond donors (Lipinski definition) is 3. The summed E-state index contributed by atoms with van der Waals surface area (Å²) in [7, 11) is 0. The van der Waals surface area contributed by atoms with Crippen molar-refractivity contribution >= 4 is 5.97 Å². The molecule has 5 heteroatoms. The van der Waals surface area contributed by atoms with E-state index < -0.39 is 27.8 Å². The van der Waals surface area contributed by atoms with Gasteiger partial charge in [0, 0.05) is 12.8 Å². The molecule has 0 aromatic rings. The number of ether oxygens (including phenoxy) is 1. The number of hydrogen-bond acceptors (Lipinski definition) is 5. The Morgan fingerprint density at radius 3 is 1.96 bits per heavy atom. The van der Waals surface area contributed by atoms with E-state index in [1.165, 1.54) is 0 Å². The van der Waals surface area contributed by atoms with E-state index in [0.29, 0.717) is 44.9 Å². The van der Waals surface area contributed by atoms with Crippen molar-refractivity contribution in [1.29, 1.82) is 0 Å². The Morgan fingerprint density at radius 1 is 0.960 bits per heavy atom. The predicted molar refractivity (Wildman–Crippen MR) is 89.4 cm³/mol. The highest BCUT2D eigenvalue weighted by Crippen LogP contribution is 2.76. The number of aliphatic hydroxyl groups is 3. The normalized spacial score (nSPS) is 58.0. The minimum absolute atomic E-state index is 0.0700. The van der Waals surface area contributed by atoms with E-state index in [1.54, 1.807) is 0 Å². The van der Waals surface area contributed by atoms with Gasteiger partial charge < -0.3 is 20.1 Å². The SMILES string of the molecule is CCC(C)(C)C(=O)OC12CC3C4CC5(O)CC(C(C1)C3(O)C5)C4(O)C2. The molecular weight excluding hydrogens is 320 g/mol. The van der Waals surface area contributed by atoms with E-state index in [1.807, 2.05) is 20.8 Å². The zero-order valence-electron chi connectivity index (χ0n) is 15.4. The van der Waals surface area contributed by atoms with Crippen LogP contribution in [0.1, 0.15) is 65.7 Å². The first-order chi connectivity index (χ1) is 11.5. The molecule has 0 amide bonds. The van der Waals surface area contributed by atoms with Crippen molar-refractivity contribution in [2.75, 3.05) is 0 Å². The summed E-state index contributed by atoms with van der Waals surface area (Å²) in [5.74, 6) is -0.475. The Balaban J connectivity index is 1.53. The van der Waals surface area contributed by atoms with Gasteiger partial charge in [0.1, 0.15) is 5.60 Å². The van der Waals surface area contributed by atoms with Gasteiger partial charge in [-0.05, 0) is 69.6 Å². The van der Waals surface area contributed by atoms with Gasteiger partial charge in [-0.15, -0.1) is 0 Å². The third-order valence-corrected chi connectivity index (χ3v) is 8.89.